The summed E-state index contributed by atoms with van der Waals surface area (Å²) in [6, 6.07) is 5.70. The molecule has 4 heteroatoms. The van der Waals surface area contributed by atoms with E-state index in [1.807, 2.05) is 12.1 Å². The maximum absolute atomic E-state index is 9.10. The van der Waals surface area contributed by atoms with Gasteiger partial charge in [-0.1, -0.05) is 11.6 Å². The molecule has 0 aliphatic carbocycles. The van der Waals surface area contributed by atoms with E-state index in [4.69, 9.17) is 16.7 Å². The summed E-state index contributed by atoms with van der Waals surface area (Å²) in [5.41, 5.74) is 0.879. The molecule has 0 unspecified atom stereocenters. The van der Waals surface area contributed by atoms with Crippen LogP contribution in [-0.4, -0.2) is 5.11 Å². The molecule has 1 N–H and O–H groups in total. The van der Waals surface area contributed by atoms with Gasteiger partial charge in [0, 0.05) is 9.72 Å². The van der Waals surface area contributed by atoms with Crippen LogP contribution < -0.4 is 0 Å². The smallest absolute Gasteiger partial charge is 0.0711 e. The molecule has 13 heavy (non-hydrogen) atoms. The van der Waals surface area contributed by atoms with Crippen molar-refractivity contribution in [2.75, 3.05) is 0 Å². The monoisotopic (exact) mass is 276 g/mol. The topological polar surface area (TPSA) is 20.2 Å². The normalized spacial score (nSPS) is 11.0. The molecule has 0 amide bonds. The molecule has 0 saturated heterocycles. The number of fused-ring (bicyclic) bond motifs is 1. The van der Waals surface area contributed by atoms with Crippen LogP contribution in [0.5, 0.6) is 0 Å². The first-order chi connectivity index (χ1) is 6.20. The molecule has 0 fully saturated rings. The first-order valence-corrected chi connectivity index (χ1v) is 5.68. The number of rotatable bonds is 1. The highest BCUT2D eigenvalue weighted by molar-refractivity contribution is 9.11. The highest BCUT2D eigenvalue weighted by Crippen LogP contribution is 2.34. The van der Waals surface area contributed by atoms with E-state index >= 15 is 0 Å². The highest BCUT2D eigenvalue weighted by atomic mass is 79.9. The van der Waals surface area contributed by atoms with Gasteiger partial charge in [0.25, 0.3) is 0 Å². The van der Waals surface area contributed by atoms with Gasteiger partial charge in [0.1, 0.15) is 0 Å². The van der Waals surface area contributed by atoms with Crippen molar-refractivity contribution in [3.8, 4) is 0 Å². The minimum atomic E-state index is 0.0280. The first kappa shape index (κ1) is 9.46. The average molecular weight is 278 g/mol. The van der Waals surface area contributed by atoms with Crippen LogP contribution in [0.25, 0.3) is 10.1 Å². The predicted octanol–water partition coefficient (Wildman–Crippen LogP) is 3.81. The van der Waals surface area contributed by atoms with E-state index < -0.39 is 0 Å². The van der Waals surface area contributed by atoms with Gasteiger partial charge in [-0.15, -0.1) is 11.3 Å². The molecule has 0 radical (unpaired) electrons. The molecule has 1 aromatic heterocycles. The number of thiophene rings is 1. The summed E-state index contributed by atoms with van der Waals surface area (Å²) < 4.78 is 2.16. The van der Waals surface area contributed by atoms with E-state index in [0.717, 1.165) is 19.4 Å². The van der Waals surface area contributed by atoms with Crippen molar-refractivity contribution < 1.29 is 5.11 Å². The molecule has 0 saturated carbocycles. The summed E-state index contributed by atoms with van der Waals surface area (Å²) in [6.07, 6.45) is 0. The van der Waals surface area contributed by atoms with Crippen LogP contribution >= 0.6 is 38.9 Å². The molecule has 0 atom stereocenters. The van der Waals surface area contributed by atoms with E-state index in [-0.39, 0.29) is 6.61 Å². The second kappa shape index (κ2) is 3.58. The molecule has 0 aliphatic rings. The third-order valence-electron chi connectivity index (χ3n) is 1.83. The number of hydrogen-bond acceptors (Lipinski definition) is 2. The predicted molar refractivity (Wildman–Crippen MR) is 60.5 cm³/mol. The van der Waals surface area contributed by atoms with Gasteiger partial charge >= 0.3 is 0 Å². The number of hydrogen-bond donors (Lipinski definition) is 1. The Morgan fingerprint density at radius 3 is 2.85 bits per heavy atom. The third-order valence-corrected chi connectivity index (χ3v) is 3.63. The summed E-state index contributed by atoms with van der Waals surface area (Å²) in [7, 11) is 0. The second-order valence-corrected chi connectivity index (χ2v) is 5.58. The zero-order chi connectivity index (χ0) is 9.42. The molecule has 1 aromatic carbocycles. The van der Waals surface area contributed by atoms with E-state index in [2.05, 4.69) is 15.9 Å². The number of aliphatic hydroxyl groups is 1. The Balaban J connectivity index is 2.80. The lowest BCUT2D eigenvalue weighted by atomic mass is 10.1. The fourth-order valence-electron chi connectivity index (χ4n) is 1.27. The molecule has 0 bridgehead atoms. The molecular weight excluding hydrogens is 272 g/mol. The summed E-state index contributed by atoms with van der Waals surface area (Å²) in [5, 5.41) is 10.8. The van der Waals surface area contributed by atoms with Crippen molar-refractivity contribution in [1.29, 1.82) is 0 Å². The zero-order valence-electron chi connectivity index (χ0n) is 6.55. The van der Waals surface area contributed by atoms with Crippen molar-refractivity contribution in [2.45, 2.75) is 6.61 Å². The number of halogens is 2. The Labute approximate surface area is 93.1 Å². The van der Waals surface area contributed by atoms with Gasteiger partial charge in [0.15, 0.2) is 0 Å². The lowest BCUT2D eigenvalue weighted by molar-refractivity contribution is 0.283. The van der Waals surface area contributed by atoms with E-state index in [9.17, 15) is 0 Å². The standard InChI is InChI=1S/C9H6BrClOS/c10-9-3-7-5(4-12)1-6(11)2-8(7)13-9/h1-3,12H,4H2. The molecule has 1 heterocycles. The molecule has 1 nitrogen and oxygen atoms in total. The van der Waals surface area contributed by atoms with Gasteiger partial charge in [0.05, 0.1) is 10.4 Å². The molecule has 68 valence electrons. The van der Waals surface area contributed by atoms with E-state index in [0.29, 0.717) is 5.02 Å². The molecule has 2 aromatic rings. The van der Waals surface area contributed by atoms with Crippen LogP contribution in [0.4, 0.5) is 0 Å². The SMILES string of the molecule is OCc1cc(Cl)cc2sc(Br)cc12. The Hall–Kier alpha value is -0.0900. The summed E-state index contributed by atoms with van der Waals surface area (Å²) in [4.78, 5) is 0. The Morgan fingerprint density at radius 2 is 2.15 bits per heavy atom. The van der Waals surface area contributed by atoms with Gasteiger partial charge in [-0.3, -0.25) is 0 Å². The molecule has 0 aliphatic heterocycles. The number of aliphatic hydroxyl groups excluding tert-OH is 1. The Bertz CT molecular complexity index is 452. The summed E-state index contributed by atoms with van der Waals surface area (Å²) in [6.45, 7) is 0.0280. The molecular formula is C9H6BrClOS. The van der Waals surface area contributed by atoms with Crippen LogP contribution in [0.2, 0.25) is 5.02 Å². The van der Waals surface area contributed by atoms with Crippen LogP contribution in [0.1, 0.15) is 5.56 Å². The lowest BCUT2D eigenvalue weighted by Crippen LogP contribution is -1.82. The molecule has 0 spiro atoms. The van der Waals surface area contributed by atoms with Gasteiger partial charge < -0.3 is 5.11 Å². The van der Waals surface area contributed by atoms with E-state index in [1.165, 1.54) is 0 Å². The lowest BCUT2D eigenvalue weighted by Gasteiger charge is -1.99. The van der Waals surface area contributed by atoms with Gasteiger partial charge in [-0.2, -0.15) is 0 Å². The maximum Gasteiger partial charge on any atom is 0.0711 e. The van der Waals surface area contributed by atoms with Gasteiger partial charge in [-0.25, -0.2) is 0 Å². The van der Waals surface area contributed by atoms with Crippen LogP contribution in [0, 0.1) is 0 Å². The first-order valence-electron chi connectivity index (χ1n) is 3.69. The van der Waals surface area contributed by atoms with E-state index in [1.54, 1.807) is 17.4 Å². The number of benzene rings is 1. The largest absolute Gasteiger partial charge is 0.392 e. The zero-order valence-corrected chi connectivity index (χ0v) is 9.71. The minimum Gasteiger partial charge on any atom is -0.392 e. The average Bonchev–Trinajstić information content (AvgIpc) is 2.43. The van der Waals surface area contributed by atoms with Crippen molar-refractivity contribution in [3.05, 3.63) is 32.6 Å². The second-order valence-electron chi connectivity index (χ2n) is 2.69. The minimum absolute atomic E-state index is 0.0280. The quantitative estimate of drug-likeness (QED) is 0.840. The van der Waals surface area contributed by atoms with Crippen molar-refractivity contribution >= 4 is 49.0 Å². The van der Waals surface area contributed by atoms with Gasteiger partial charge in [0.2, 0.25) is 0 Å². The fourth-order valence-corrected chi connectivity index (χ4v) is 3.20. The Kier molecular flexibility index (Phi) is 2.60. The maximum atomic E-state index is 9.10. The van der Waals surface area contributed by atoms with Crippen LogP contribution in [-0.2, 0) is 6.61 Å². The Morgan fingerprint density at radius 1 is 1.38 bits per heavy atom. The summed E-state index contributed by atoms with van der Waals surface area (Å²) >= 11 is 10.9. The fraction of sp³-hybridized carbons (Fsp3) is 0.111. The summed E-state index contributed by atoms with van der Waals surface area (Å²) in [5.74, 6) is 0. The van der Waals surface area contributed by atoms with Crippen molar-refractivity contribution in [1.82, 2.24) is 0 Å². The highest BCUT2D eigenvalue weighted by Gasteiger charge is 2.05. The van der Waals surface area contributed by atoms with Gasteiger partial charge in [-0.05, 0) is 45.1 Å². The van der Waals surface area contributed by atoms with Crippen LogP contribution in [0.15, 0.2) is 22.0 Å². The molecule has 2 rings (SSSR count). The van der Waals surface area contributed by atoms with Crippen molar-refractivity contribution in [2.24, 2.45) is 0 Å². The van der Waals surface area contributed by atoms with Crippen LogP contribution in [0.3, 0.4) is 0 Å². The third kappa shape index (κ3) is 1.74. The van der Waals surface area contributed by atoms with Crippen molar-refractivity contribution in [3.63, 3.8) is 0 Å².